The van der Waals surface area contributed by atoms with Crippen molar-refractivity contribution in [3.63, 3.8) is 0 Å². The van der Waals surface area contributed by atoms with Gasteiger partial charge in [-0.1, -0.05) is 18.2 Å². The van der Waals surface area contributed by atoms with Crippen molar-refractivity contribution in [2.24, 2.45) is 0 Å². The van der Waals surface area contributed by atoms with E-state index in [1.807, 2.05) is 0 Å². The van der Waals surface area contributed by atoms with Gasteiger partial charge in [0.05, 0.1) is 11.7 Å². The van der Waals surface area contributed by atoms with Crippen LogP contribution in [-0.4, -0.2) is 14.3 Å². The minimum absolute atomic E-state index is 0.327. The smallest absolute Gasteiger partial charge is 0.271 e. The van der Waals surface area contributed by atoms with Crippen LogP contribution in [0.2, 0.25) is 0 Å². The summed E-state index contributed by atoms with van der Waals surface area (Å²) >= 11 is 0. The van der Waals surface area contributed by atoms with E-state index in [1.165, 1.54) is 39.6 Å². The van der Waals surface area contributed by atoms with Gasteiger partial charge in [0.15, 0.2) is 0 Å². The highest BCUT2D eigenvalue weighted by Crippen LogP contribution is 2.30. The van der Waals surface area contributed by atoms with Crippen LogP contribution in [0.25, 0.3) is 5.69 Å². The lowest BCUT2D eigenvalue weighted by molar-refractivity contribution is 0.533. The van der Waals surface area contributed by atoms with Crippen LogP contribution in [0.4, 0.5) is 8.78 Å². The molecule has 23 heavy (non-hydrogen) atoms. The summed E-state index contributed by atoms with van der Waals surface area (Å²) in [6.07, 6.45) is 1.24. The van der Waals surface area contributed by atoms with Crippen LogP contribution in [0, 0.1) is 11.6 Å². The Morgan fingerprint density at radius 1 is 1.04 bits per heavy atom. The zero-order valence-corrected chi connectivity index (χ0v) is 12.1. The zero-order valence-electron chi connectivity index (χ0n) is 12.1. The third-order valence-corrected chi connectivity index (χ3v) is 4.17. The van der Waals surface area contributed by atoms with E-state index >= 15 is 0 Å². The van der Waals surface area contributed by atoms with Crippen LogP contribution in [-0.2, 0) is 6.42 Å². The largest absolute Gasteiger partial charge is 0.351 e. The number of benzene rings is 2. The lowest BCUT2D eigenvalue weighted by atomic mass is 10.0. The first-order valence-electron chi connectivity index (χ1n) is 7.36. The summed E-state index contributed by atoms with van der Waals surface area (Å²) in [5.41, 5.74) is 0.648. The van der Waals surface area contributed by atoms with Crippen molar-refractivity contribution in [2.75, 3.05) is 0 Å². The molecule has 4 rings (SSSR count). The Morgan fingerprint density at radius 3 is 2.52 bits per heavy atom. The maximum absolute atomic E-state index is 14.1. The first kappa shape index (κ1) is 13.9. The standard InChI is InChI=1S/C17H13F2N3O/c18-11-5-7-12(8-6-11)22-17(23)21-15(9-10-16(21)20-22)13-3-1-2-4-14(13)19/h1-8,15H,9-10H2/t15-/m0/s1. The van der Waals surface area contributed by atoms with Crippen molar-refractivity contribution in [1.29, 1.82) is 0 Å². The highest BCUT2D eigenvalue weighted by molar-refractivity contribution is 5.31. The summed E-state index contributed by atoms with van der Waals surface area (Å²) in [7, 11) is 0. The molecule has 1 atom stereocenters. The molecule has 2 heterocycles. The van der Waals surface area contributed by atoms with Crippen LogP contribution < -0.4 is 5.69 Å². The van der Waals surface area contributed by atoms with Crippen LogP contribution in [0.1, 0.15) is 23.9 Å². The second-order valence-electron chi connectivity index (χ2n) is 5.53. The number of rotatable bonds is 2. The Hall–Kier alpha value is -2.76. The van der Waals surface area contributed by atoms with Crippen molar-refractivity contribution in [1.82, 2.24) is 14.3 Å². The van der Waals surface area contributed by atoms with E-state index in [0.717, 1.165) is 0 Å². The lowest BCUT2D eigenvalue weighted by Gasteiger charge is -2.13. The first-order valence-corrected chi connectivity index (χ1v) is 7.36. The zero-order chi connectivity index (χ0) is 16.0. The van der Waals surface area contributed by atoms with Gasteiger partial charge >= 0.3 is 5.69 Å². The summed E-state index contributed by atoms with van der Waals surface area (Å²) in [6, 6.07) is 11.7. The number of halogens is 2. The summed E-state index contributed by atoms with van der Waals surface area (Å²) in [5.74, 6) is -0.0860. The average molecular weight is 313 g/mol. The second-order valence-corrected chi connectivity index (χ2v) is 5.53. The van der Waals surface area contributed by atoms with Crippen LogP contribution in [0.3, 0.4) is 0 Å². The molecule has 0 N–H and O–H groups in total. The van der Waals surface area contributed by atoms with Crippen molar-refractivity contribution >= 4 is 0 Å². The van der Waals surface area contributed by atoms with Crippen molar-refractivity contribution < 1.29 is 8.78 Å². The molecule has 3 aromatic rings. The van der Waals surface area contributed by atoms with Gasteiger partial charge in [0.2, 0.25) is 0 Å². The Labute approximate surface area is 130 Å². The van der Waals surface area contributed by atoms with Crippen molar-refractivity contribution in [2.45, 2.75) is 18.9 Å². The molecule has 0 radical (unpaired) electrons. The van der Waals surface area contributed by atoms with Crippen LogP contribution >= 0.6 is 0 Å². The van der Waals surface area contributed by atoms with E-state index < -0.39 is 0 Å². The molecule has 0 bridgehead atoms. The molecular weight excluding hydrogens is 300 g/mol. The fourth-order valence-corrected chi connectivity index (χ4v) is 3.09. The van der Waals surface area contributed by atoms with Crippen molar-refractivity contribution in [3.05, 3.63) is 82.0 Å². The molecule has 0 unspecified atom stereocenters. The summed E-state index contributed by atoms with van der Waals surface area (Å²) < 4.78 is 29.9. The van der Waals surface area contributed by atoms with E-state index in [4.69, 9.17) is 0 Å². The molecule has 0 spiro atoms. The number of fused-ring (bicyclic) bond motifs is 1. The van der Waals surface area contributed by atoms with Gasteiger partial charge in [-0.2, -0.15) is 4.68 Å². The third kappa shape index (κ3) is 2.18. The Bertz CT molecular complexity index is 928. The predicted molar refractivity (Wildman–Crippen MR) is 80.6 cm³/mol. The SMILES string of the molecule is O=c1n(-c2ccc(F)cc2)nc2n1[C@H](c1ccccc1F)CC2. The monoisotopic (exact) mass is 313 g/mol. The molecule has 1 aliphatic rings. The van der Waals surface area contributed by atoms with Gasteiger partial charge < -0.3 is 0 Å². The Kier molecular flexibility index (Phi) is 3.11. The number of hydrogen-bond donors (Lipinski definition) is 0. The van der Waals surface area contributed by atoms with Crippen LogP contribution in [0.5, 0.6) is 0 Å². The number of hydrogen-bond acceptors (Lipinski definition) is 2. The molecule has 0 saturated heterocycles. The average Bonchev–Trinajstić information content (AvgIpc) is 3.10. The van der Waals surface area contributed by atoms with Gasteiger partial charge in [0.25, 0.3) is 0 Å². The molecule has 1 aromatic heterocycles. The van der Waals surface area contributed by atoms with E-state index in [-0.39, 0.29) is 23.4 Å². The molecule has 116 valence electrons. The minimum atomic E-state index is -0.377. The number of nitrogens with zero attached hydrogens (tertiary/aromatic N) is 3. The molecule has 0 amide bonds. The summed E-state index contributed by atoms with van der Waals surface area (Å²) in [5, 5.41) is 4.32. The fraction of sp³-hybridized carbons (Fsp3) is 0.176. The fourth-order valence-electron chi connectivity index (χ4n) is 3.09. The number of aromatic nitrogens is 3. The molecule has 0 fully saturated rings. The van der Waals surface area contributed by atoms with Gasteiger partial charge in [0, 0.05) is 12.0 Å². The normalized spacial score (nSPS) is 16.5. The molecule has 2 aromatic carbocycles. The van der Waals surface area contributed by atoms with E-state index in [2.05, 4.69) is 5.10 Å². The Balaban J connectivity index is 1.83. The van der Waals surface area contributed by atoms with Gasteiger partial charge in [0.1, 0.15) is 17.5 Å². The second kappa shape index (κ2) is 5.15. The minimum Gasteiger partial charge on any atom is -0.271 e. The summed E-state index contributed by atoms with van der Waals surface area (Å²) in [6.45, 7) is 0. The predicted octanol–water partition coefficient (Wildman–Crippen LogP) is 2.85. The molecule has 1 aliphatic heterocycles. The third-order valence-electron chi connectivity index (χ3n) is 4.17. The maximum atomic E-state index is 14.1. The van der Waals surface area contributed by atoms with Gasteiger partial charge in [-0.15, -0.1) is 5.10 Å². The van der Waals surface area contributed by atoms with E-state index in [9.17, 15) is 13.6 Å². The first-order chi connectivity index (χ1) is 11.1. The number of aryl methyl sites for hydroxylation is 1. The van der Waals surface area contributed by atoms with E-state index in [0.29, 0.717) is 29.9 Å². The Morgan fingerprint density at radius 2 is 1.78 bits per heavy atom. The van der Waals surface area contributed by atoms with Gasteiger partial charge in [-0.05, 0) is 36.8 Å². The molecular formula is C17H13F2N3O. The van der Waals surface area contributed by atoms with Gasteiger partial charge in [-0.3, -0.25) is 4.57 Å². The molecule has 6 heteroatoms. The summed E-state index contributed by atoms with van der Waals surface area (Å²) in [4.78, 5) is 12.7. The highest BCUT2D eigenvalue weighted by Gasteiger charge is 2.30. The topological polar surface area (TPSA) is 39.8 Å². The molecule has 0 saturated carbocycles. The molecule has 0 aliphatic carbocycles. The maximum Gasteiger partial charge on any atom is 0.351 e. The van der Waals surface area contributed by atoms with Crippen LogP contribution in [0.15, 0.2) is 53.3 Å². The van der Waals surface area contributed by atoms with Crippen molar-refractivity contribution in [3.8, 4) is 5.69 Å². The van der Waals surface area contributed by atoms with E-state index in [1.54, 1.807) is 18.2 Å². The quantitative estimate of drug-likeness (QED) is 0.730. The molecule has 4 nitrogen and oxygen atoms in total. The highest BCUT2D eigenvalue weighted by atomic mass is 19.1. The lowest BCUT2D eigenvalue weighted by Crippen LogP contribution is -2.26. The van der Waals surface area contributed by atoms with Gasteiger partial charge in [-0.25, -0.2) is 13.6 Å².